The van der Waals surface area contributed by atoms with E-state index in [0.717, 1.165) is 37.3 Å². The Morgan fingerprint density at radius 1 is 1.09 bits per heavy atom. The number of nitrogens with one attached hydrogen (secondary N) is 1. The first-order valence-corrected chi connectivity index (χ1v) is 8.10. The highest BCUT2D eigenvalue weighted by atomic mass is 16.1. The van der Waals surface area contributed by atoms with Crippen LogP contribution < -0.4 is 10.2 Å². The highest BCUT2D eigenvalue weighted by molar-refractivity contribution is 6.03. The van der Waals surface area contributed by atoms with Gasteiger partial charge in [-0.05, 0) is 44.0 Å². The first-order chi connectivity index (χ1) is 11.1. The Labute approximate surface area is 137 Å². The fourth-order valence-corrected chi connectivity index (χ4v) is 2.42. The van der Waals surface area contributed by atoms with Crippen LogP contribution in [0, 0.1) is 6.92 Å². The van der Waals surface area contributed by atoms with Crippen LogP contribution in [0.15, 0.2) is 36.4 Å². The number of hydrogen-bond donors (Lipinski definition) is 1. The van der Waals surface area contributed by atoms with E-state index in [1.165, 1.54) is 0 Å². The molecule has 122 valence electrons. The number of rotatable bonds is 7. The molecule has 0 bridgehead atoms. The summed E-state index contributed by atoms with van der Waals surface area (Å²) in [5, 5.41) is 11.2. The molecule has 0 unspecified atom stereocenters. The lowest BCUT2D eigenvalue weighted by Gasteiger charge is -2.21. The molecular formula is C18H24N4O. The van der Waals surface area contributed by atoms with Gasteiger partial charge in [-0.1, -0.05) is 31.5 Å². The zero-order chi connectivity index (χ0) is 16.7. The Morgan fingerprint density at radius 3 is 2.39 bits per heavy atom. The van der Waals surface area contributed by atoms with Gasteiger partial charge in [0.25, 0.3) is 5.91 Å². The molecule has 1 aromatic carbocycles. The second kappa shape index (κ2) is 8.27. The monoisotopic (exact) mass is 312 g/mol. The molecule has 5 heteroatoms. The molecule has 2 rings (SSSR count). The Kier molecular flexibility index (Phi) is 6.09. The molecule has 1 heterocycles. The Balaban J connectivity index is 2.06. The molecule has 0 aliphatic heterocycles. The van der Waals surface area contributed by atoms with Crippen molar-refractivity contribution in [2.24, 2.45) is 0 Å². The van der Waals surface area contributed by atoms with Crippen molar-refractivity contribution in [2.75, 3.05) is 23.3 Å². The van der Waals surface area contributed by atoms with Gasteiger partial charge in [0, 0.05) is 18.7 Å². The van der Waals surface area contributed by atoms with E-state index in [1.807, 2.05) is 31.2 Å². The van der Waals surface area contributed by atoms with Gasteiger partial charge in [0.2, 0.25) is 0 Å². The molecule has 0 saturated carbocycles. The quantitative estimate of drug-likeness (QED) is 0.847. The van der Waals surface area contributed by atoms with Gasteiger partial charge in [0.05, 0.1) is 0 Å². The fourth-order valence-electron chi connectivity index (χ4n) is 2.42. The van der Waals surface area contributed by atoms with Crippen molar-refractivity contribution < 1.29 is 4.79 Å². The van der Waals surface area contributed by atoms with Crippen LogP contribution in [-0.4, -0.2) is 29.2 Å². The van der Waals surface area contributed by atoms with Gasteiger partial charge in [-0.2, -0.15) is 0 Å². The van der Waals surface area contributed by atoms with Gasteiger partial charge < -0.3 is 10.2 Å². The molecule has 2 aromatic rings. The fraction of sp³-hybridized carbons (Fsp3) is 0.389. The van der Waals surface area contributed by atoms with Crippen LogP contribution in [0.1, 0.15) is 42.6 Å². The van der Waals surface area contributed by atoms with Crippen LogP contribution >= 0.6 is 0 Å². The van der Waals surface area contributed by atoms with Gasteiger partial charge >= 0.3 is 0 Å². The molecule has 0 aliphatic rings. The van der Waals surface area contributed by atoms with Gasteiger partial charge in [-0.25, -0.2) is 0 Å². The van der Waals surface area contributed by atoms with E-state index >= 15 is 0 Å². The van der Waals surface area contributed by atoms with Crippen LogP contribution in [0.4, 0.5) is 11.6 Å². The Morgan fingerprint density at radius 2 is 1.83 bits per heavy atom. The Hall–Kier alpha value is -2.43. The number of benzene rings is 1. The second-order valence-corrected chi connectivity index (χ2v) is 5.59. The normalized spacial score (nSPS) is 10.4. The molecule has 0 fully saturated rings. The lowest BCUT2D eigenvalue weighted by molar-refractivity contribution is 0.102. The van der Waals surface area contributed by atoms with Crippen LogP contribution in [0.2, 0.25) is 0 Å². The van der Waals surface area contributed by atoms with Gasteiger partial charge in [-0.3, -0.25) is 4.79 Å². The van der Waals surface area contributed by atoms with E-state index in [1.54, 1.807) is 12.1 Å². The maximum Gasteiger partial charge on any atom is 0.256 e. The SMILES string of the molecule is CCCN(CCC)c1ccc(NC(=O)c2cccc(C)c2)nn1. The summed E-state index contributed by atoms with van der Waals surface area (Å²) in [7, 11) is 0. The summed E-state index contributed by atoms with van der Waals surface area (Å²) in [4.78, 5) is 14.4. The smallest absolute Gasteiger partial charge is 0.256 e. The third-order valence-corrected chi connectivity index (χ3v) is 3.48. The highest BCUT2D eigenvalue weighted by Gasteiger charge is 2.09. The number of aromatic nitrogens is 2. The summed E-state index contributed by atoms with van der Waals surface area (Å²) in [6.07, 6.45) is 2.13. The molecule has 1 N–H and O–H groups in total. The molecule has 5 nitrogen and oxygen atoms in total. The van der Waals surface area contributed by atoms with Crippen LogP contribution in [0.5, 0.6) is 0 Å². The third-order valence-electron chi connectivity index (χ3n) is 3.48. The van der Waals surface area contributed by atoms with Crippen molar-refractivity contribution in [2.45, 2.75) is 33.6 Å². The third kappa shape index (κ3) is 4.77. The number of amides is 1. The second-order valence-electron chi connectivity index (χ2n) is 5.59. The molecule has 0 atom stereocenters. The topological polar surface area (TPSA) is 58.1 Å². The molecule has 1 aromatic heterocycles. The summed E-state index contributed by atoms with van der Waals surface area (Å²) < 4.78 is 0. The maximum absolute atomic E-state index is 12.2. The predicted molar refractivity (Wildman–Crippen MR) is 94.0 cm³/mol. The Bertz CT molecular complexity index is 634. The van der Waals surface area contributed by atoms with Crippen molar-refractivity contribution in [3.05, 3.63) is 47.5 Å². The lowest BCUT2D eigenvalue weighted by atomic mass is 10.1. The first kappa shape index (κ1) is 16.9. The molecule has 1 amide bonds. The average molecular weight is 312 g/mol. The zero-order valence-electron chi connectivity index (χ0n) is 14.0. The molecular weight excluding hydrogens is 288 g/mol. The minimum absolute atomic E-state index is 0.172. The average Bonchev–Trinajstić information content (AvgIpc) is 2.55. The molecule has 0 saturated heterocycles. The number of nitrogens with zero attached hydrogens (tertiary/aromatic N) is 3. The van der Waals surface area contributed by atoms with Gasteiger partial charge in [0.1, 0.15) is 0 Å². The van der Waals surface area contributed by atoms with Gasteiger partial charge in [-0.15, -0.1) is 10.2 Å². The summed E-state index contributed by atoms with van der Waals surface area (Å²) in [5.41, 5.74) is 1.67. The van der Waals surface area contributed by atoms with Crippen molar-refractivity contribution >= 4 is 17.5 Å². The number of aryl methyl sites for hydroxylation is 1. The molecule has 0 spiro atoms. The van der Waals surface area contributed by atoms with E-state index in [-0.39, 0.29) is 5.91 Å². The zero-order valence-corrected chi connectivity index (χ0v) is 14.0. The minimum atomic E-state index is -0.172. The largest absolute Gasteiger partial charge is 0.355 e. The van der Waals surface area contributed by atoms with Crippen molar-refractivity contribution in [3.63, 3.8) is 0 Å². The van der Waals surface area contributed by atoms with Crippen LogP contribution in [0.3, 0.4) is 0 Å². The molecule has 0 aliphatic carbocycles. The van der Waals surface area contributed by atoms with E-state index < -0.39 is 0 Å². The summed E-state index contributed by atoms with van der Waals surface area (Å²) in [5.74, 6) is 1.14. The van der Waals surface area contributed by atoms with Crippen molar-refractivity contribution in [3.8, 4) is 0 Å². The lowest BCUT2D eigenvalue weighted by Crippen LogP contribution is -2.26. The van der Waals surface area contributed by atoms with Gasteiger partial charge in [0.15, 0.2) is 11.6 Å². The number of carbonyl (C=O) groups excluding carboxylic acids is 1. The summed E-state index contributed by atoms with van der Waals surface area (Å²) in [6.45, 7) is 8.16. The summed E-state index contributed by atoms with van der Waals surface area (Å²) >= 11 is 0. The van der Waals surface area contributed by atoms with Crippen LogP contribution in [0.25, 0.3) is 0 Å². The van der Waals surface area contributed by atoms with E-state index in [9.17, 15) is 4.79 Å². The summed E-state index contributed by atoms with van der Waals surface area (Å²) in [6, 6.07) is 11.2. The van der Waals surface area contributed by atoms with Crippen molar-refractivity contribution in [1.29, 1.82) is 0 Å². The standard InChI is InChI=1S/C18H24N4O/c1-4-11-22(12-5-2)17-10-9-16(20-21-17)19-18(23)15-8-6-7-14(3)13-15/h6-10,13H,4-5,11-12H2,1-3H3,(H,19,20,23). The number of carbonyl (C=O) groups is 1. The maximum atomic E-state index is 12.2. The number of hydrogen-bond acceptors (Lipinski definition) is 4. The van der Waals surface area contributed by atoms with E-state index in [4.69, 9.17) is 0 Å². The molecule has 0 radical (unpaired) electrons. The van der Waals surface area contributed by atoms with E-state index in [2.05, 4.69) is 34.3 Å². The van der Waals surface area contributed by atoms with Crippen LogP contribution in [-0.2, 0) is 0 Å². The highest BCUT2D eigenvalue weighted by Crippen LogP contribution is 2.14. The minimum Gasteiger partial charge on any atom is -0.355 e. The van der Waals surface area contributed by atoms with E-state index in [0.29, 0.717) is 11.4 Å². The predicted octanol–water partition coefficient (Wildman–Crippen LogP) is 3.66. The molecule has 23 heavy (non-hydrogen) atoms. The first-order valence-electron chi connectivity index (χ1n) is 8.10. The van der Waals surface area contributed by atoms with Crippen molar-refractivity contribution in [1.82, 2.24) is 10.2 Å². The number of anilines is 2.